The minimum atomic E-state index is -0.220. The summed E-state index contributed by atoms with van der Waals surface area (Å²) in [6.07, 6.45) is 2.72. The zero-order valence-corrected chi connectivity index (χ0v) is 13.6. The van der Waals surface area contributed by atoms with Crippen molar-refractivity contribution in [3.8, 4) is 0 Å². The van der Waals surface area contributed by atoms with Gasteiger partial charge in [-0.25, -0.2) is 4.39 Å². The van der Waals surface area contributed by atoms with Crippen LogP contribution in [0.5, 0.6) is 0 Å². The highest BCUT2D eigenvalue weighted by molar-refractivity contribution is 5.81. The lowest BCUT2D eigenvalue weighted by Crippen LogP contribution is -2.41. The molecule has 0 radical (unpaired) electrons. The molecule has 1 saturated carbocycles. The first-order valence-corrected chi connectivity index (χ1v) is 8.23. The van der Waals surface area contributed by atoms with E-state index in [2.05, 4.69) is 20.9 Å². The quantitative estimate of drug-likeness (QED) is 0.386. The lowest BCUT2D eigenvalue weighted by Gasteiger charge is -2.11. The molecule has 0 heterocycles. The van der Waals surface area contributed by atoms with Crippen molar-refractivity contribution >= 4 is 11.9 Å². The van der Waals surface area contributed by atoms with Crippen molar-refractivity contribution in [3.63, 3.8) is 0 Å². The Hall–Kier alpha value is -2.11. The molecule has 23 heavy (non-hydrogen) atoms. The fraction of sp³-hybridized carbons (Fsp3) is 0.529. The van der Waals surface area contributed by atoms with Gasteiger partial charge in [-0.15, -0.1) is 0 Å². The molecule has 3 N–H and O–H groups in total. The maximum Gasteiger partial charge on any atom is 0.223 e. The number of benzene rings is 1. The normalized spacial score (nSPS) is 14.4. The summed E-state index contributed by atoms with van der Waals surface area (Å²) in [6, 6.07) is 6.57. The number of amides is 1. The summed E-state index contributed by atoms with van der Waals surface area (Å²) >= 11 is 0. The third kappa shape index (κ3) is 6.67. The van der Waals surface area contributed by atoms with Crippen LogP contribution in [0.4, 0.5) is 4.39 Å². The summed E-state index contributed by atoms with van der Waals surface area (Å²) in [5, 5.41) is 9.24. The van der Waals surface area contributed by atoms with Crippen LogP contribution in [0.1, 0.15) is 25.3 Å². The molecular weight excluding hydrogens is 295 g/mol. The molecule has 0 spiro atoms. The predicted octanol–water partition coefficient (Wildman–Crippen LogP) is 1.45. The van der Waals surface area contributed by atoms with Crippen LogP contribution in [-0.4, -0.2) is 38.0 Å². The van der Waals surface area contributed by atoms with Gasteiger partial charge in [-0.3, -0.25) is 9.79 Å². The second kappa shape index (κ2) is 9.12. The van der Waals surface area contributed by atoms with Gasteiger partial charge in [0.2, 0.25) is 5.91 Å². The molecule has 2 rings (SSSR count). The van der Waals surface area contributed by atoms with Crippen molar-refractivity contribution in [3.05, 3.63) is 35.6 Å². The van der Waals surface area contributed by atoms with Gasteiger partial charge in [-0.1, -0.05) is 12.1 Å². The van der Waals surface area contributed by atoms with E-state index >= 15 is 0 Å². The largest absolute Gasteiger partial charge is 0.357 e. The number of halogens is 1. The number of aliphatic imine (C=N–C) groups is 1. The van der Waals surface area contributed by atoms with E-state index in [1.807, 2.05) is 13.0 Å². The van der Waals surface area contributed by atoms with Gasteiger partial charge in [0, 0.05) is 32.1 Å². The molecular formula is C17H25FN4O. The molecule has 6 heteroatoms. The van der Waals surface area contributed by atoms with Crippen LogP contribution in [-0.2, 0) is 11.2 Å². The van der Waals surface area contributed by atoms with Crippen molar-refractivity contribution in [2.45, 2.75) is 26.2 Å². The van der Waals surface area contributed by atoms with Crippen molar-refractivity contribution in [1.82, 2.24) is 16.0 Å². The Balaban J connectivity index is 1.69. The number of carbonyl (C=O) groups is 1. The van der Waals surface area contributed by atoms with Gasteiger partial charge < -0.3 is 16.0 Å². The first-order chi connectivity index (χ1) is 11.2. The Morgan fingerprint density at radius 2 is 2.04 bits per heavy atom. The highest BCUT2D eigenvalue weighted by atomic mass is 19.1. The van der Waals surface area contributed by atoms with Gasteiger partial charge in [0.25, 0.3) is 0 Å². The van der Waals surface area contributed by atoms with Gasteiger partial charge in [-0.05, 0) is 43.9 Å². The minimum absolute atomic E-state index is 0.153. The third-order valence-corrected chi connectivity index (χ3v) is 3.57. The molecule has 0 saturated heterocycles. The van der Waals surface area contributed by atoms with E-state index in [1.54, 1.807) is 6.07 Å². The Morgan fingerprint density at radius 3 is 2.74 bits per heavy atom. The molecule has 0 unspecified atom stereocenters. The number of carbonyl (C=O) groups excluding carboxylic acids is 1. The van der Waals surface area contributed by atoms with Crippen LogP contribution in [0.25, 0.3) is 0 Å². The first-order valence-electron chi connectivity index (χ1n) is 8.23. The summed E-state index contributed by atoms with van der Waals surface area (Å²) in [7, 11) is 0. The molecule has 1 aromatic rings. The van der Waals surface area contributed by atoms with Crippen LogP contribution >= 0.6 is 0 Å². The van der Waals surface area contributed by atoms with E-state index in [1.165, 1.54) is 12.1 Å². The van der Waals surface area contributed by atoms with Gasteiger partial charge in [0.15, 0.2) is 5.96 Å². The summed E-state index contributed by atoms with van der Waals surface area (Å²) < 4.78 is 13.1. The molecule has 5 nitrogen and oxygen atoms in total. The average Bonchev–Trinajstić information content (AvgIpc) is 3.36. The summed E-state index contributed by atoms with van der Waals surface area (Å²) in [5.41, 5.74) is 0.932. The van der Waals surface area contributed by atoms with Gasteiger partial charge in [0.05, 0.1) is 0 Å². The Bertz CT molecular complexity index is 543. The third-order valence-electron chi connectivity index (χ3n) is 3.57. The van der Waals surface area contributed by atoms with Crippen LogP contribution in [0.15, 0.2) is 29.3 Å². The van der Waals surface area contributed by atoms with Crippen LogP contribution in [0.3, 0.4) is 0 Å². The van der Waals surface area contributed by atoms with Crippen molar-refractivity contribution < 1.29 is 9.18 Å². The zero-order valence-electron chi connectivity index (χ0n) is 13.6. The van der Waals surface area contributed by atoms with E-state index in [-0.39, 0.29) is 17.6 Å². The number of rotatable bonds is 8. The second-order valence-corrected chi connectivity index (χ2v) is 5.63. The van der Waals surface area contributed by atoms with Crippen LogP contribution in [0, 0.1) is 11.7 Å². The molecule has 1 amide bonds. The topological polar surface area (TPSA) is 65.5 Å². The van der Waals surface area contributed by atoms with E-state index in [0.29, 0.717) is 32.0 Å². The SMILES string of the molecule is CCNC(=NCCc1cccc(F)c1)NCCNC(=O)C1CC1. The Labute approximate surface area is 136 Å². The molecule has 1 aliphatic carbocycles. The number of guanidine groups is 1. The zero-order chi connectivity index (χ0) is 16.5. The number of nitrogens with zero attached hydrogens (tertiary/aromatic N) is 1. The van der Waals surface area contributed by atoms with Crippen molar-refractivity contribution in [2.75, 3.05) is 26.2 Å². The molecule has 0 atom stereocenters. The highest BCUT2D eigenvalue weighted by Gasteiger charge is 2.28. The fourth-order valence-electron chi connectivity index (χ4n) is 2.19. The fourth-order valence-corrected chi connectivity index (χ4v) is 2.19. The van der Waals surface area contributed by atoms with Gasteiger partial charge >= 0.3 is 0 Å². The molecule has 126 valence electrons. The maximum absolute atomic E-state index is 13.1. The summed E-state index contributed by atoms with van der Waals surface area (Å²) in [6.45, 7) is 4.56. The number of hydrogen-bond acceptors (Lipinski definition) is 2. The summed E-state index contributed by atoms with van der Waals surface area (Å²) in [4.78, 5) is 16.0. The standard InChI is InChI=1S/C17H25FN4O/c1-2-19-17(22-11-10-20-16(23)14-6-7-14)21-9-8-13-4-3-5-15(18)12-13/h3-5,12,14H,2,6-11H2,1H3,(H,20,23)(H2,19,21,22). The number of hydrogen-bond donors (Lipinski definition) is 3. The lowest BCUT2D eigenvalue weighted by molar-refractivity contribution is -0.122. The molecule has 0 aromatic heterocycles. The number of nitrogens with one attached hydrogen (secondary N) is 3. The molecule has 0 aliphatic heterocycles. The molecule has 1 fully saturated rings. The maximum atomic E-state index is 13.1. The van der Waals surface area contributed by atoms with E-state index < -0.39 is 0 Å². The lowest BCUT2D eigenvalue weighted by atomic mass is 10.1. The molecule has 1 aliphatic rings. The van der Waals surface area contributed by atoms with Crippen molar-refractivity contribution in [2.24, 2.45) is 10.9 Å². The van der Waals surface area contributed by atoms with Crippen molar-refractivity contribution in [1.29, 1.82) is 0 Å². The van der Waals surface area contributed by atoms with E-state index in [4.69, 9.17) is 0 Å². The van der Waals surface area contributed by atoms with Gasteiger partial charge in [0.1, 0.15) is 5.82 Å². The smallest absolute Gasteiger partial charge is 0.223 e. The summed E-state index contributed by atoms with van der Waals surface area (Å²) in [5.74, 6) is 0.885. The second-order valence-electron chi connectivity index (χ2n) is 5.63. The van der Waals surface area contributed by atoms with E-state index in [0.717, 1.165) is 24.9 Å². The average molecular weight is 320 g/mol. The monoisotopic (exact) mass is 320 g/mol. The van der Waals surface area contributed by atoms with Gasteiger partial charge in [-0.2, -0.15) is 0 Å². The minimum Gasteiger partial charge on any atom is -0.357 e. The van der Waals surface area contributed by atoms with Crippen LogP contribution in [0.2, 0.25) is 0 Å². The highest BCUT2D eigenvalue weighted by Crippen LogP contribution is 2.28. The Kier molecular flexibility index (Phi) is 6.84. The molecule has 0 bridgehead atoms. The Morgan fingerprint density at radius 1 is 1.26 bits per heavy atom. The molecule has 1 aromatic carbocycles. The predicted molar refractivity (Wildman–Crippen MR) is 89.8 cm³/mol. The van der Waals surface area contributed by atoms with E-state index in [9.17, 15) is 9.18 Å². The van der Waals surface area contributed by atoms with Crippen LogP contribution < -0.4 is 16.0 Å². The first kappa shape index (κ1) is 17.2.